The average molecular weight is 370 g/mol. The van der Waals surface area contributed by atoms with Gasteiger partial charge in [0, 0.05) is 23.4 Å². The number of nitrogens with one attached hydrogen (secondary N) is 1. The van der Waals surface area contributed by atoms with E-state index in [1.165, 1.54) is 0 Å². The molecule has 0 unspecified atom stereocenters. The summed E-state index contributed by atoms with van der Waals surface area (Å²) in [6.07, 6.45) is 2.75. The number of hydrogen-bond donors (Lipinski definition) is 1. The Kier molecular flexibility index (Phi) is 5.59. The fourth-order valence-electron chi connectivity index (χ4n) is 1.65. The van der Waals surface area contributed by atoms with Crippen LogP contribution >= 0.6 is 27.5 Å². The number of carbonyl (C=O) groups excluding carboxylic acids is 1. The Bertz CT molecular complexity index is 622. The highest BCUT2D eigenvalue weighted by Crippen LogP contribution is 2.28. The van der Waals surface area contributed by atoms with Crippen molar-refractivity contribution in [2.45, 2.75) is 19.6 Å². The van der Waals surface area contributed by atoms with E-state index in [1.807, 2.05) is 18.2 Å². The van der Waals surface area contributed by atoms with E-state index in [9.17, 15) is 4.79 Å². The summed E-state index contributed by atoms with van der Waals surface area (Å²) in [7, 11) is 0. The van der Waals surface area contributed by atoms with Crippen LogP contribution in [0.25, 0.3) is 0 Å². The van der Waals surface area contributed by atoms with Crippen molar-refractivity contribution in [3.63, 3.8) is 0 Å². The van der Waals surface area contributed by atoms with E-state index in [0.29, 0.717) is 17.3 Å². The molecule has 0 radical (unpaired) electrons. The first-order valence-electron chi connectivity index (χ1n) is 6.34. The molecule has 4 nitrogen and oxygen atoms in total. The van der Waals surface area contributed by atoms with Gasteiger partial charge in [0.1, 0.15) is 5.75 Å². The minimum absolute atomic E-state index is 0.210. The fraction of sp³-hybridized carbons (Fsp3) is 0.200. The van der Waals surface area contributed by atoms with Crippen LogP contribution in [-0.2, 0) is 11.3 Å². The average Bonchev–Trinajstić information content (AvgIpc) is 2.48. The zero-order valence-electron chi connectivity index (χ0n) is 11.3. The number of nitrogens with zero attached hydrogens (tertiary/aromatic N) is 1. The molecule has 0 saturated heterocycles. The highest BCUT2D eigenvalue weighted by molar-refractivity contribution is 9.10. The molecule has 1 aromatic carbocycles. The van der Waals surface area contributed by atoms with Gasteiger partial charge in [-0.1, -0.05) is 33.6 Å². The Morgan fingerprint density at radius 2 is 2.29 bits per heavy atom. The van der Waals surface area contributed by atoms with Crippen molar-refractivity contribution in [3.05, 3.63) is 57.8 Å². The van der Waals surface area contributed by atoms with Gasteiger partial charge >= 0.3 is 0 Å². The van der Waals surface area contributed by atoms with Crippen LogP contribution in [0.3, 0.4) is 0 Å². The highest BCUT2D eigenvalue weighted by Gasteiger charge is 2.15. The predicted octanol–water partition coefficient (Wildman–Crippen LogP) is 3.58. The lowest BCUT2D eigenvalue weighted by atomic mass is 10.2. The summed E-state index contributed by atoms with van der Waals surface area (Å²) >= 11 is 9.37. The fourth-order valence-corrected chi connectivity index (χ4v) is 2.37. The van der Waals surface area contributed by atoms with Gasteiger partial charge in [-0.2, -0.15) is 0 Å². The second-order valence-corrected chi connectivity index (χ2v) is 5.74. The molecule has 0 aliphatic rings. The van der Waals surface area contributed by atoms with E-state index in [4.69, 9.17) is 16.3 Å². The van der Waals surface area contributed by atoms with E-state index in [2.05, 4.69) is 26.2 Å². The molecule has 1 aromatic heterocycles. The molecule has 1 atom stereocenters. The van der Waals surface area contributed by atoms with E-state index < -0.39 is 6.10 Å². The van der Waals surface area contributed by atoms with Crippen LogP contribution in [0.1, 0.15) is 12.5 Å². The summed E-state index contributed by atoms with van der Waals surface area (Å²) in [6, 6.07) is 8.96. The highest BCUT2D eigenvalue weighted by atomic mass is 79.9. The van der Waals surface area contributed by atoms with Gasteiger partial charge in [-0.25, -0.2) is 0 Å². The van der Waals surface area contributed by atoms with Gasteiger partial charge in [-0.3, -0.25) is 9.78 Å². The van der Waals surface area contributed by atoms with Gasteiger partial charge < -0.3 is 10.1 Å². The van der Waals surface area contributed by atoms with Crippen molar-refractivity contribution in [3.8, 4) is 5.75 Å². The molecule has 0 bridgehead atoms. The number of benzene rings is 1. The lowest BCUT2D eigenvalue weighted by Crippen LogP contribution is -2.35. The Labute approximate surface area is 136 Å². The van der Waals surface area contributed by atoms with Crippen LogP contribution in [-0.4, -0.2) is 17.0 Å². The third-order valence-electron chi connectivity index (χ3n) is 2.76. The molecular formula is C15H14BrClN2O2. The van der Waals surface area contributed by atoms with E-state index >= 15 is 0 Å². The number of amides is 1. The number of ether oxygens (including phenoxy) is 1. The zero-order chi connectivity index (χ0) is 15.2. The molecular weight excluding hydrogens is 356 g/mol. The third-order valence-corrected chi connectivity index (χ3v) is 3.55. The number of pyridine rings is 1. The first-order valence-corrected chi connectivity index (χ1v) is 7.51. The van der Waals surface area contributed by atoms with Crippen molar-refractivity contribution in [1.29, 1.82) is 0 Å². The van der Waals surface area contributed by atoms with Gasteiger partial charge in [0.15, 0.2) is 6.10 Å². The SMILES string of the molecule is C[C@@H](Oc1ccc(Br)cc1Cl)C(=O)NCc1cccnc1. The molecule has 110 valence electrons. The van der Waals surface area contributed by atoms with Crippen molar-refractivity contribution < 1.29 is 9.53 Å². The number of carbonyl (C=O) groups is 1. The smallest absolute Gasteiger partial charge is 0.261 e. The Morgan fingerprint density at radius 3 is 2.95 bits per heavy atom. The quantitative estimate of drug-likeness (QED) is 0.876. The van der Waals surface area contributed by atoms with Gasteiger partial charge in [0.05, 0.1) is 5.02 Å². The van der Waals surface area contributed by atoms with Crippen molar-refractivity contribution in [1.82, 2.24) is 10.3 Å². The lowest BCUT2D eigenvalue weighted by molar-refractivity contribution is -0.127. The van der Waals surface area contributed by atoms with Crippen LogP contribution < -0.4 is 10.1 Å². The first-order chi connectivity index (χ1) is 10.1. The molecule has 6 heteroatoms. The minimum atomic E-state index is -0.639. The lowest BCUT2D eigenvalue weighted by Gasteiger charge is -2.15. The number of rotatable bonds is 5. The van der Waals surface area contributed by atoms with Crippen LogP contribution in [0.5, 0.6) is 5.75 Å². The topological polar surface area (TPSA) is 51.2 Å². The standard InChI is InChI=1S/C15H14BrClN2O2/c1-10(21-14-5-4-12(16)7-13(14)17)15(20)19-9-11-3-2-6-18-8-11/h2-8,10H,9H2,1H3,(H,19,20)/t10-/m1/s1. The van der Waals surface area contributed by atoms with E-state index in [1.54, 1.807) is 31.5 Å². The van der Waals surface area contributed by atoms with E-state index in [0.717, 1.165) is 10.0 Å². The molecule has 0 aliphatic carbocycles. The second-order valence-electron chi connectivity index (χ2n) is 4.41. The van der Waals surface area contributed by atoms with E-state index in [-0.39, 0.29) is 5.91 Å². The Morgan fingerprint density at radius 1 is 1.48 bits per heavy atom. The van der Waals surface area contributed by atoms with Crippen molar-refractivity contribution >= 4 is 33.4 Å². The molecule has 2 rings (SSSR count). The summed E-state index contributed by atoms with van der Waals surface area (Å²) in [5.74, 6) is 0.265. The summed E-state index contributed by atoms with van der Waals surface area (Å²) in [5, 5.41) is 3.25. The minimum Gasteiger partial charge on any atom is -0.479 e. The Balaban J connectivity index is 1.90. The normalized spacial score (nSPS) is 11.8. The number of halogens is 2. The van der Waals surface area contributed by atoms with Gasteiger partial charge in [0.25, 0.3) is 5.91 Å². The van der Waals surface area contributed by atoms with Crippen LogP contribution in [0.4, 0.5) is 0 Å². The number of hydrogen-bond acceptors (Lipinski definition) is 3. The van der Waals surface area contributed by atoms with Gasteiger partial charge in [-0.05, 0) is 36.8 Å². The molecule has 2 aromatic rings. The van der Waals surface area contributed by atoms with Crippen LogP contribution in [0.15, 0.2) is 47.2 Å². The maximum Gasteiger partial charge on any atom is 0.261 e. The third kappa shape index (κ3) is 4.72. The maximum atomic E-state index is 12.0. The predicted molar refractivity (Wildman–Crippen MR) is 85.3 cm³/mol. The van der Waals surface area contributed by atoms with Crippen molar-refractivity contribution in [2.75, 3.05) is 0 Å². The molecule has 1 heterocycles. The van der Waals surface area contributed by atoms with Gasteiger partial charge in [-0.15, -0.1) is 0 Å². The molecule has 0 spiro atoms. The zero-order valence-corrected chi connectivity index (χ0v) is 13.7. The molecule has 21 heavy (non-hydrogen) atoms. The molecule has 0 aliphatic heterocycles. The monoisotopic (exact) mass is 368 g/mol. The molecule has 1 N–H and O–H groups in total. The maximum absolute atomic E-state index is 12.0. The summed E-state index contributed by atoms with van der Waals surface area (Å²) in [4.78, 5) is 16.0. The largest absolute Gasteiger partial charge is 0.479 e. The van der Waals surface area contributed by atoms with Crippen LogP contribution in [0.2, 0.25) is 5.02 Å². The number of aromatic nitrogens is 1. The second kappa shape index (κ2) is 7.43. The van der Waals surface area contributed by atoms with Crippen LogP contribution in [0, 0.1) is 0 Å². The molecule has 0 saturated carbocycles. The summed E-state index contributed by atoms with van der Waals surface area (Å²) < 4.78 is 6.43. The molecule has 1 amide bonds. The summed E-state index contributed by atoms with van der Waals surface area (Å²) in [5.41, 5.74) is 0.930. The van der Waals surface area contributed by atoms with Gasteiger partial charge in [0.2, 0.25) is 0 Å². The molecule has 0 fully saturated rings. The first kappa shape index (κ1) is 15.8. The Hall–Kier alpha value is -1.59. The summed E-state index contributed by atoms with van der Waals surface area (Å²) in [6.45, 7) is 2.09. The van der Waals surface area contributed by atoms with Crippen molar-refractivity contribution in [2.24, 2.45) is 0 Å².